The van der Waals surface area contributed by atoms with Crippen molar-refractivity contribution in [2.75, 3.05) is 5.32 Å². The maximum absolute atomic E-state index is 11.8. The number of nitrogens with one attached hydrogen (secondary N) is 1. The van der Waals surface area contributed by atoms with Crippen molar-refractivity contribution in [3.05, 3.63) is 67.0 Å². The van der Waals surface area contributed by atoms with Crippen molar-refractivity contribution < 1.29 is 9.53 Å². The van der Waals surface area contributed by atoms with E-state index in [-0.39, 0.29) is 0 Å². The average Bonchev–Trinajstić information content (AvgIpc) is 3.02. The van der Waals surface area contributed by atoms with Crippen molar-refractivity contribution in [1.82, 2.24) is 15.0 Å². The standard InChI is InChI=1S/C15H12N4O2/c20-15(21-14-7-2-1-3-8-14)17-12-5-4-6-13(11-12)19-10-9-16-18-19/h1-11H,(H,17,20). The number of amides is 1. The molecule has 0 bridgehead atoms. The maximum Gasteiger partial charge on any atom is 0.417 e. The lowest BCUT2D eigenvalue weighted by Crippen LogP contribution is -2.16. The van der Waals surface area contributed by atoms with Gasteiger partial charge in [-0.25, -0.2) is 9.48 Å². The van der Waals surface area contributed by atoms with Crippen LogP contribution in [0.3, 0.4) is 0 Å². The summed E-state index contributed by atoms with van der Waals surface area (Å²) in [5.41, 5.74) is 1.41. The Hall–Kier alpha value is -3.15. The van der Waals surface area contributed by atoms with E-state index < -0.39 is 6.09 Å². The van der Waals surface area contributed by atoms with E-state index in [9.17, 15) is 4.79 Å². The van der Waals surface area contributed by atoms with Crippen molar-refractivity contribution >= 4 is 11.8 Å². The fourth-order valence-electron chi connectivity index (χ4n) is 1.81. The Bertz CT molecular complexity index is 726. The molecule has 0 saturated heterocycles. The molecule has 1 amide bonds. The molecule has 3 rings (SSSR count). The molecular weight excluding hydrogens is 268 g/mol. The van der Waals surface area contributed by atoms with Crippen molar-refractivity contribution in [3.8, 4) is 11.4 Å². The van der Waals surface area contributed by atoms with E-state index in [1.54, 1.807) is 53.5 Å². The second-order valence-electron chi connectivity index (χ2n) is 4.23. The second-order valence-corrected chi connectivity index (χ2v) is 4.23. The van der Waals surface area contributed by atoms with Gasteiger partial charge in [0.05, 0.1) is 18.1 Å². The monoisotopic (exact) mass is 280 g/mol. The molecule has 0 aliphatic carbocycles. The Morgan fingerprint density at radius 1 is 1.10 bits per heavy atom. The molecule has 21 heavy (non-hydrogen) atoms. The second kappa shape index (κ2) is 5.87. The molecule has 1 N–H and O–H groups in total. The largest absolute Gasteiger partial charge is 0.417 e. The van der Waals surface area contributed by atoms with Crippen LogP contribution in [0.2, 0.25) is 0 Å². The van der Waals surface area contributed by atoms with Gasteiger partial charge in [-0.1, -0.05) is 29.5 Å². The summed E-state index contributed by atoms with van der Waals surface area (Å²) in [5.74, 6) is 0.488. The van der Waals surface area contributed by atoms with Gasteiger partial charge in [0.1, 0.15) is 5.75 Å². The van der Waals surface area contributed by atoms with E-state index in [2.05, 4.69) is 15.6 Å². The van der Waals surface area contributed by atoms with Crippen LogP contribution in [0.15, 0.2) is 67.0 Å². The zero-order chi connectivity index (χ0) is 14.5. The summed E-state index contributed by atoms with van der Waals surface area (Å²) < 4.78 is 6.77. The summed E-state index contributed by atoms with van der Waals surface area (Å²) in [6.07, 6.45) is 2.77. The highest BCUT2D eigenvalue weighted by atomic mass is 16.6. The van der Waals surface area contributed by atoms with Gasteiger partial charge >= 0.3 is 6.09 Å². The summed E-state index contributed by atoms with van der Waals surface area (Å²) in [6, 6.07) is 16.1. The van der Waals surface area contributed by atoms with E-state index >= 15 is 0 Å². The van der Waals surface area contributed by atoms with Gasteiger partial charge in [-0.15, -0.1) is 5.10 Å². The number of anilines is 1. The van der Waals surface area contributed by atoms with E-state index in [0.29, 0.717) is 11.4 Å². The number of hydrogen-bond donors (Lipinski definition) is 1. The fraction of sp³-hybridized carbons (Fsp3) is 0. The van der Waals surface area contributed by atoms with Crippen LogP contribution in [-0.2, 0) is 0 Å². The number of carbonyl (C=O) groups is 1. The highest BCUT2D eigenvalue weighted by molar-refractivity contribution is 5.86. The quantitative estimate of drug-likeness (QED) is 0.801. The number of rotatable bonds is 3. The lowest BCUT2D eigenvalue weighted by molar-refractivity contribution is 0.215. The first-order chi connectivity index (χ1) is 10.3. The average molecular weight is 280 g/mol. The van der Waals surface area contributed by atoms with Gasteiger partial charge in [0, 0.05) is 5.69 Å². The number of nitrogens with zero attached hydrogens (tertiary/aromatic N) is 3. The van der Waals surface area contributed by atoms with Gasteiger partial charge < -0.3 is 4.74 Å². The molecule has 3 aromatic rings. The lowest BCUT2D eigenvalue weighted by atomic mass is 10.3. The van der Waals surface area contributed by atoms with Crippen molar-refractivity contribution in [2.24, 2.45) is 0 Å². The zero-order valence-electron chi connectivity index (χ0n) is 11.0. The summed E-state index contributed by atoms with van der Waals surface area (Å²) in [6.45, 7) is 0. The minimum atomic E-state index is -0.544. The highest BCUT2D eigenvalue weighted by Crippen LogP contribution is 2.15. The Kier molecular flexibility index (Phi) is 3.60. The van der Waals surface area contributed by atoms with Crippen LogP contribution in [0, 0.1) is 0 Å². The number of benzene rings is 2. The first-order valence-electron chi connectivity index (χ1n) is 6.32. The molecule has 6 heteroatoms. The first kappa shape index (κ1) is 12.9. The van der Waals surface area contributed by atoms with Crippen molar-refractivity contribution in [3.63, 3.8) is 0 Å². The predicted molar refractivity (Wildman–Crippen MR) is 77.4 cm³/mol. The molecular formula is C15H12N4O2. The normalized spacial score (nSPS) is 10.1. The maximum atomic E-state index is 11.8. The van der Waals surface area contributed by atoms with E-state index in [4.69, 9.17) is 4.74 Å². The van der Waals surface area contributed by atoms with Crippen molar-refractivity contribution in [2.45, 2.75) is 0 Å². The first-order valence-corrected chi connectivity index (χ1v) is 6.32. The van der Waals surface area contributed by atoms with Crippen LogP contribution in [-0.4, -0.2) is 21.1 Å². The zero-order valence-corrected chi connectivity index (χ0v) is 11.0. The van der Waals surface area contributed by atoms with Gasteiger partial charge in [0.15, 0.2) is 0 Å². The summed E-state index contributed by atoms with van der Waals surface area (Å²) in [4.78, 5) is 11.8. The van der Waals surface area contributed by atoms with Crippen LogP contribution in [0.4, 0.5) is 10.5 Å². The van der Waals surface area contributed by atoms with E-state index in [1.165, 1.54) is 0 Å². The molecule has 0 aliphatic heterocycles. The third-order valence-corrected chi connectivity index (χ3v) is 2.73. The van der Waals surface area contributed by atoms with Crippen LogP contribution in [0.1, 0.15) is 0 Å². The lowest BCUT2D eigenvalue weighted by Gasteiger charge is -2.08. The summed E-state index contributed by atoms with van der Waals surface area (Å²) >= 11 is 0. The van der Waals surface area contributed by atoms with Crippen LogP contribution < -0.4 is 10.1 Å². The Morgan fingerprint density at radius 3 is 2.71 bits per heavy atom. The molecule has 1 aromatic heterocycles. The smallest absolute Gasteiger partial charge is 0.410 e. The molecule has 1 heterocycles. The van der Waals surface area contributed by atoms with Crippen LogP contribution in [0.5, 0.6) is 5.75 Å². The molecule has 2 aromatic carbocycles. The van der Waals surface area contributed by atoms with Gasteiger partial charge in [-0.3, -0.25) is 5.32 Å². The molecule has 0 saturated carbocycles. The van der Waals surface area contributed by atoms with Gasteiger partial charge in [-0.2, -0.15) is 0 Å². The number of carbonyl (C=O) groups excluding carboxylic acids is 1. The Balaban J connectivity index is 1.70. The SMILES string of the molecule is O=C(Nc1cccc(-n2ccnn2)c1)Oc1ccccc1. The summed E-state index contributed by atoms with van der Waals surface area (Å²) in [5, 5.41) is 10.3. The number of para-hydroxylation sites is 1. The molecule has 0 atom stereocenters. The fourth-order valence-corrected chi connectivity index (χ4v) is 1.81. The Morgan fingerprint density at radius 2 is 1.95 bits per heavy atom. The third kappa shape index (κ3) is 3.24. The summed E-state index contributed by atoms with van der Waals surface area (Å²) in [7, 11) is 0. The van der Waals surface area contributed by atoms with Crippen LogP contribution >= 0.6 is 0 Å². The minimum absolute atomic E-state index is 0.488. The highest BCUT2D eigenvalue weighted by Gasteiger charge is 2.06. The molecule has 0 spiro atoms. The van der Waals surface area contributed by atoms with E-state index in [1.807, 2.05) is 18.2 Å². The Labute approximate surface area is 121 Å². The molecule has 104 valence electrons. The van der Waals surface area contributed by atoms with Gasteiger partial charge in [0.25, 0.3) is 0 Å². The van der Waals surface area contributed by atoms with Gasteiger partial charge in [0.2, 0.25) is 0 Å². The number of ether oxygens (including phenoxy) is 1. The van der Waals surface area contributed by atoms with Gasteiger partial charge in [-0.05, 0) is 30.3 Å². The predicted octanol–water partition coefficient (Wildman–Crippen LogP) is 2.88. The van der Waals surface area contributed by atoms with Crippen LogP contribution in [0.25, 0.3) is 5.69 Å². The molecule has 6 nitrogen and oxygen atoms in total. The topological polar surface area (TPSA) is 69.0 Å². The third-order valence-electron chi connectivity index (χ3n) is 2.73. The molecule has 0 radical (unpaired) electrons. The molecule has 0 aliphatic rings. The molecule has 0 unspecified atom stereocenters. The van der Waals surface area contributed by atoms with E-state index in [0.717, 1.165) is 5.69 Å². The number of aromatic nitrogens is 3. The minimum Gasteiger partial charge on any atom is -0.410 e. The molecule has 0 fully saturated rings. The van der Waals surface area contributed by atoms with Crippen molar-refractivity contribution in [1.29, 1.82) is 0 Å². The number of hydrogen-bond acceptors (Lipinski definition) is 4.